The Morgan fingerprint density at radius 3 is 2.15 bits per heavy atom. The summed E-state index contributed by atoms with van der Waals surface area (Å²) in [6.07, 6.45) is 15.6. The van der Waals surface area contributed by atoms with Crippen LogP contribution in [0.5, 0.6) is 0 Å². The van der Waals surface area contributed by atoms with E-state index in [-0.39, 0.29) is 12.5 Å². The van der Waals surface area contributed by atoms with Crippen molar-refractivity contribution < 1.29 is 28.2 Å². The van der Waals surface area contributed by atoms with Crippen molar-refractivity contribution in [2.75, 3.05) is 67.3 Å². The van der Waals surface area contributed by atoms with Crippen LogP contribution in [0.2, 0.25) is 0 Å². The third-order valence-corrected chi connectivity index (χ3v) is 5.75. The first kappa shape index (κ1) is 39.3. The lowest BCUT2D eigenvalue weighted by atomic mass is 9.96. The maximum Gasteiger partial charge on any atom is 0.222 e. The van der Waals surface area contributed by atoms with Gasteiger partial charge in [0.1, 0.15) is 17.9 Å². The van der Waals surface area contributed by atoms with Crippen LogP contribution < -0.4 is 0 Å². The minimum atomic E-state index is -0.407. The first-order valence-corrected chi connectivity index (χ1v) is 14.0. The van der Waals surface area contributed by atoms with Crippen molar-refractivity contribution in [3.8, 4) is 0 Å². The van der Waals surface area contributed by atoms with Gasteiger partial charge in [-0.1, -0.05) is 44.4 Å². The van der Waals surface area contributed by atoms with Crippen LogP contribution in [0.4, 0.5) is 4.39 Å². The van der Waals surface area contributed by atoms with Crippen molar-refractivity contribution in [2.45, 2.75) is 46.5 Å². The lowest BCUT2D eigenvalue weighted by Gasteiger charge is -2.34. The van der Waals surface area contributed by atoms with Crippen molar-refractivity contribution in [2.24, 2.45) is 5.92 Å². The Bertz CT molecular complexity index is 810. The van der Waals surface area contributed by atoms with Crippen LogP contribution in [0.1, 0.15) is 46.5 Å². The fraction of sp³-hybridized carbons (Fsp3) is 0.562. The predicted octanol–water partition coefficient (Wildman–Crippen LogP) is 6.07. The van der Waals surface area contributed by atoms with Gasteiger partial charge in [0.15, 0.2) is 0 Å². The molecule has 1 rings (SSSR count). The summed E-state index contributed by atoms with van der Waals surface area (Å²) >= 11 is 0. The Labute approximate surface area is 242 Å². The third-order valence-electron chi connectivity index (χ3n) is 5.75. The summed E-state index contributed by atoms with van der Waals surface area (Å²) in [7, 11) is 4.93. The Kier molecular flexibility index (Phi) is 27.3. The van der Waals surface area contributed by atoms with E-state index < -0.39 is 5.83 Å². The van der Waals surface area contributed by atoms with Crippen molar-refractivity contribution in [3.05, 3.63) is 72.8 Å². The molecule has 0 saturated carbocycles. The third kappa shape index (κ3) is 20.1. The summed E-state index contributed by atoms with van der Waals surface area (Å²) in [4.78, 5) is 27.2. The van der Waals surface area contributed by atoms with E-state index in [1.165, 1.54) is 6.08 Å². The van der Waals surface area contributed by atoms with Gasteiger partial charge in [0.25, 0.3) is 0 Å². The summed E-state index contributed by atoms with van der Waals surface area (Å²) in [6.45, 7) is 17.9. The molecule has 1 saturated heterocycles. The van der Waals surface area contributed by atoms with E-state index in [1.54, 1.807) is 44.5 Å². The fourth-order valence-corrected chi connectivity index (χ4v) is 3.66. The first-order valence-electron chi connectivity index (χ1n) is 14.0. The largest absolute Gasteiger partial charge is 0.493 e. The molecule has 0 bridgehead atoms. The highest BCUT2D eigenvalue weighted by Crippen LogP contribution is 2.19. The maximum atomic E-state index is 13.2. The molecule has 1 heterocycles. The number of halogens is 1. The van der Waals surface area contributed by atoms with Crippen LogP contribution in [0.15, 0.2) is 72.8 Å². The van der Waals surface area contributed by atoms with E-state index in [0.29, 0.717) is 31.2 Å². The number of carbonyl (C=O) groups is 2. The zero-order chi connectivity index (χ0) is 30.6. The topological polar surface area (TPSA) is 68.3 Å². The number of piperidine rings is 1. The van der Waals surface area contributed by atoms with Crippen LogP contribution in [0.25, 0.3) is 0 Å². The van der Waals surface area contributed by atoms with Crippen molar-refractivity contribution in [1.82, 2.24) is 9.80 Å². The van der Waals surface area contributed by atoms with E-state index in [9.17, 15) is 14.0 Å². The van der Waals surface area contributed by atoms with Crippen molar-refractivity contribution >= 4 is 12.2 Å². The molecule has 40 heavy (non-hydrogen) atoms. The zero-order valence-corrected chi connectivity index (χ0v) is 25.7. The van der Waals surface area contributed by atoms with E-state index in [2.05, 4.69) is 33.6 Å². The van der Waals surface area contributed by atoms with Crippen LogP contribution in [0, 0.1) is 5.92 Å². The Morgan fingerprint density at radius 1 is 1.05 bits per heavy atom. The SMILES string of the molecule is C=CC(/C=C/C=C(/F)C=C)=C(\C=C\CN1CCC(CN(CC=O)C(=O)CCC)CC1)OCC.CCOC.COC. The number of nitrogens with zero attached hydrogens (tertiary/aromatic N) is 2. The highest BCUT2D eigenvalue weighted by Gasteiger charge is 2.22. The molecule has 0 aromatic rings. The van der Waals surface area contributed by atoms with Gasteiger partial charge >= 0.3 is 0 Å². The molecule has 0 aliphatic carbocycles. The van der Waals surface area contributed by atoms with Gasteiger partial charge < -0.3 is 23.9 Å². The normalized spacial score (nSPS) is 14.9. The average Bonchev–Trinajstić information content (AvgIpc) is 2.96. The molecule has 7 nitrogen and oxygen atoms in total. The van der Waals surface area contributed by atoms with Gasteiger partial charge in [-0.3, -0.25) is 9.69 Å². The van der Waals surface area contributed by atoms with Crippen LogP contribution in [-0.2, 0) is 23.8 Å². The molecular weight excluding hydrogens is 511 g/mol. The predicted molar refractivity (Wildman–Crippen MR) is 164 cm³/mol. The van der Waals surface area contributed by atoms with Crippen molar-refractivity contribution in [1.29, 1.82) is 0 Å². The van der Waals surface area contributed by atoms with Gasteiger partial charge in [0.05, 0.1) is 13.2 Å². The van der Waals surface area contributed by atoms with E-state index in [1.807, 2.05) is 26.8 Å². The number of allylic oxidation sites excluding steroid dienone is 8. The van der Waals surface area contributed by atoms with Crippen LogP contribution >= 0.6 is 0 Å². The molecule has 0 radical (unpaired) electrons. The second-order valence-corrected chi connectivity index (χ2v) is 8.92. The van der Waals surface area contributed by atoms with E-state index in [4.69, 9.17) is 4.74 Å². The average molecular weight is 565 g/mol. The minimum Gasteiger partial charge on any atom is -0.493 e. The molecule has 0 spiro atoms. The second-order valence-electron chi connectivity index (χ2n) is 8.92. The number of hydrogen-bond acceptors (Lipinski definition) is 6. The standard InChI is InChI=1S/C27H39FN2O3.C3H8O.C2H6O/c1-5-11-27(32)30(20-21-31)22-23-15-18-29(19-16-23)17-10-14-26(33-8-4)24(6-2)12-9-13-25(28)7-3;1-3-4-2;1-3-2/h6-7,9-10,12-14,21,23H,2-3,5,8,11,15-20,22H2,1,4H3;3H2,1-2H3;1-2H3/b12-9+,14-10+,25-13+,26-24-;;. The summed E-state index contributed by atoms with van der Waals surface area (Å²) < 4.78 is 27.8. The van der Waals surface area contributed by atoms with Gasteiger partial charge in [-0.25, -0.2) is 4.39 Å². The number of amides is 1. The Morgan fingerprint density at radius 2 is 1.68 bits per heavy atom. The molecule has 1 fully saturated rings. The van der Waals surface area contributed by atoms with Crippen LogP contribution in [0.3, 0.4) is 0 Å². The Hall–Kier alpha value is -2.81. The van der Waals surface area contributed by atoms with E-state index >= 15 is 0 Å². The summed E-state index contributed by atoms with van der Waals surface area (Å²) in [5, 5.41) is 0. The smallest absolute Gasteiger partial charge is 0.222 e. The molecule has 8 heteroatoms. The number of rotatable bonds is 16. The molecule has 0 aromatic carbocycles. The maximum absolute atomic E-state index is 13.2. The first-order chi connectivity index (χ1) is 19.3. The Balaban J connectivity index is 0. The monoisotopic (exact) mass is 564 g/mol. The molecule has 1 aliphatic heterocycles. The number of likely N-dealkylation sites (tertiary alicyclic amines) is 1. The minimum absolute atomic E-state index is 0.0694. The molecule has 0 N–H and O–H groups in total. The zero-order valence-electron chi connectivity index (χ0n) is 25.7. The second kappa shape index (κ2) is 27.7. The summed E-state index contributed by atoms with van der Waals surface area (Å²) in [6, 6.07) is 0. The number of ether oxygens (including phenoxy) is 3. The van der Waals surface area contributed by atoms with Gasteiger partial charge in [0, 0.05) is 53.0 Å². The number of methoxy groups -OCH3 is 2. The number of hydrogen-bond donors (Lipinski definition) is 0. The highest BCUT2D eigenvalue weighted by molar-refractivity contribution is 5.78. The van der Waals surface area contributed by atoms with Crippen molar-refractivity contribution in [3.63, 3.8) is 0 Å². The molecule has 0 unspecified atom stereocenters. The summed E-state index contributed by atoms with van der Waals surface area (Å²) in [5.74, 6) is 0.770. The summed E-state index contributed by atoms with van der Waals surface area (Å²) in [5.41, 5.74) is 0.770. The van der Waals surface area contributed by atoms with Gasteiger partial charge in [-0.15, -0.1) is 0 Å². The molecule has 1 amide bonds. The number of carbonyl (C=O) groups excluding carboxylic acids is 2. The van der Waals surface area contributed by atoms with Gasteiger partial charge in [-0.05, 0) is 70.3 Å². The van der Waals surface area contributed by atoms with Gasteiger partial charge in [-0.2, -0.15) is 0 Å². The lowest BCUT2D eigenvalue weighted by Crippen LogP contribution is -2.41. The molecule has 1 aliphatic rings. The molecule has 0 atom stereocenters. The molecule has 228 valence electrons. The highest BCUT2D eigenvalue weighted by atomic mass is 19.1. The van der Waals surface area contributed by atoms with Gasteiger partial charge in [0.2, 0.25) is 5.91 Å². The number of aldehydes is 1. The lowest BCUT2D eigenvalue weighted by molar-refractivity contribution is -0.134. The van der Waals surface area contributed by atoms with E-state index in [0.717, 1.165) is 63.4 Å². The van der Waals surface area contributed by atoms with Crippen LogP contribution in [-0.4, -0.2) is 89.3 Å². The fourth-order valence-electron chi connectivity index (χ4n) is 3.66. The molecule has 0 aromatic heterocycles. The quantitative estimate of drug-likeness (QED) is 0.129. The molecular formula is C32H53FN2O5.